The van der Waals surface area contributed by atoms with Gasteiger partial charge >= 0.3 is 0 Å². The highest BCUT2D eigenvalue weighted by atomic mass is 19.1. The molecule has 1 aromatic rings. The number of nitrogens with two attached hydrogens (primary N) is 1. The molecule has 5 heteroatoms. The lowest BCUT2D eigenvalue weighted by atomic mass is 10.1. The first-order valence-corrected chi connectivity index (χ1v) is 7.16. The minimum atomic E-state index is -0.398. The fourth-order valence-electron chi connectivity index (χ4n) is 3.47. The maximum absolute atomic E-state index is 13.0. The summed E-state index contributed by atoms with van der Waals surface area (Å²) in [6.07, 6.45) is 3.71. The van der Waals surface area contributed by atoms with Crippen LogP contribution in [0.25, 0.3) is 0 Å². The maximum Gasteiger partial charge on any atom is 0.241 e. The Labute approximate surface area is 118 Å². The Balaban J connectivity index is 1.67. The lowest BCUT2D eigenvalue weighted by Gasteiger charge is -2.31. The molecule has 2 aliphatic rings. The van der Waals surface area contributed by atoms with Gasteiger partial charge in [-0.2, -0.15) is 0 Å². The minimum absolute atomic E-state index is 0.0733. The summed E-state index contributed by atoms with van der Waals surface area (Å²) in [6.45, 7) is 2.94. The van der Waals surface area contributed by atoms with Gasteiger partial charge in [0.15, 0.2) is 0 Å². The zero-order chi connectivity index (χ0) is 14.3. The van der Waals surface area contributed by atoms with Crippen LogP contribution in [0.2, 0.25) is 0 Å². The van der Waals surface area contributed by atoms with Crippen molar-refractivity contribution >= 4 is 17.3 Å². The molecule has 20 heavy (non-hydrogen) atoms. The van der Waals surface area contributed by atoms with E-state index >= 15 is 0 Å². The number of nitrogen functional groups attached to an aromatic ring is 1. The molecule has 0 radical (unpaired) electrons. The summed E-state index contributed by atoms with van der Waals surface area (Å²) in [5, 5.41) is 2.80. The number of hydrogen-bond acceptors (Lipinski definition) is 3. The van der Waals surface area contributed by atoms with E-state index in [-0.39, 0.29) is 17.6 Å². The van der Waals surface area contributed by atoms with Crippen molar-refractivity contribution in [3.05, 3.63) is 24.0 Å². The van der Waals surface area contributed by atoms with Crippen molar-refractivity contribution in [1.29, 1.82) is 0 Å². The molecule has 3 atom stereocenters. The summed E-state index contributed by atoms with van der Waals surface area (Å²) in [6, 6.07) is 4.40. The van der Waals surface area contributed by atoms with E-state index in [9.17, 15) is 9.18 Å². The third kappa shape index (κ3) is 2.38. The molecule has 3 rings (SSSR count). The van der Waals surface area contributed by atoms with Crippen LogP contribution in [-0.2, 0) is 4.79 Å². The third-order valence-electron chi connectivity index (χ3n) is 4.60. The van der Waals surface area contributed by atoms with Crippen LogP contribution in [0, 0.1) is 11.7 Å². The molecular formula is C15H20FN3O. The van der Waals surface area contributed by atoms with E-state index in [4.69, 9.17) is 5.73 Å². The van der Waals surface area contributed by atoms with Crippen molar-refractivity contribution in [2.45, 2.75) is 38.3 Å². The molecule has 1 aliphatic carbocycles. The quantitative estimate of drug-likeness (QED) is 0.833. The van der Waals surface area contributed by atoms with Gasteiger partial charge in [0.25, 0.3) is 0 Å². The summed E-state index contributed by atoms with van der Waals surface area (Å²) in [7, 11) is 0. The molecule has 3 unspecified atom stereocenters. The number of fused-ring (bicyclic) bond motifs is 2. The van der Waals surface area contributed by atoms with Gasteiger partial charge in [0, 0.05) is 12.6 Å². The molecule has 1 saturated heterocycles. The molecule has 1 aliphatic heterocycles. The average Bonchev–Trinajstić information content (AvgIpc) is 3.03. The van der Waals surface area contributed by atoms with Gasteiger partial charge in [-0.25, -0.2) is 4.39 Å². The van der Waals surface area contributed by atoms with Crippen molar-refractivity contribution in [2.75, 3.05) is 17.6 Å². The molecule has 0 aromatic heterocycles. The van der Waals surface area contributed by atoms with Crippen LogP contribution in [0.15, 0.2) is 18.2 Å². The highest BCUT2D eigenvalue weighted by Crippen LogP contribution is 2.38. The lowest BCUT2D eigenvalue weighted by Crippen LogP contribution is -2.46. The fraction of sp³-hybridized carbons (Fsp3) is 0.533. The lowest BCUT2D eigenvalue weighted by molar-refractivity contribution is -0.121. The molecule has 1 aromatic carbocycles. The van der Waals surface area contributed by atoms with Crippen molar-refractivity contribution in [1.82, 2.24) is 4.90 Å². The number of rotatable bonds is 3. The Morgan fingerprint density at radius 3 is 2.90 bits per heavy atom. The number of halogens is 1. The smallest absolute Gasteiger partial charge is 0.241 e. The first-order chi connectivity index (χ1) is 9.54. The molecule has 1 amide bonds. The van der Waals surface area contributed by atoms with Crippen LogP contribution in [-0.4, -0.2) is 29.4 Å². The van der Waals surface area contributed by atoms with Crippen molar-refractivity contribution in [3.8, 4) is 0 Å². The molecule has 2 bridgehead atoms. The minimum Gasteiger partial charge on any atom is -0.397 e. The van der Waals surface area contributed by atoms with Crippen LogP contribution in [0.1, 0.15) is 26.2 Å². The highest BCUT2D eigenvalue weighted by molar-refractivity contribution is 5.97. The van der Waals surface area contributed by atoms with Gasteiger partial charge in [-0.1, -0.05) is 0 Å². The van der Waals surface area contributed by atoms with E-state index < -0.39 is 5.82 Å². The number of nitrogens with one attached hydrogen (secondary N) is 1. The first-order valence-electron chi connectivity index (χ1n) is 7.16. The van der Waals surface area contributed by atoms with Gasteiger partial charge in [-0.05, 0) is 50.3 Å². The number of piperidine rings is 1. The van der Waals surface area contributed by atoms with Crippen LogP contribution in [0.5, 0.6) is 0 Å². The Hall–Kier alpha value is -1.62. The molecule has 1 heterocycles. The Morgan fingerprint density at radius 2 is 2.30 bits per heavy atom. The summed E-state index contributed by atoms with van der Waals surface area (Å²) in [5.41, 5.74) is 6.45. The molecule has 2 fully saturated rings. The topological polar surface area (TPSA) is 58.4 Å². The Bertz CT molecular complexity index is 534. The van der Waals surface area contributed by atoms with E-state index in [1.807, 2.05) is 6.92 Å². The van der Waals surface area contributed by atoms with E-state index in [0.717, 1.165) is 12.5 Å². The number of carbonyl (C=O) groups is 1. The molecular weight excluding hydrogens is 257 g/mol. The predicted octanol–water partition coefficient (Wildman–Crippen LogP) is 2.22. The second-order valence-corrected chi connectivity index (χ2v) is 5.93. The number of amides is 1. The van der Waals surface area contributed by atoms with Gasteiger partial charge in [0.05, 0.1) is 17.4 Å². The molecule has 0 spiro atoms. The number of hydrogen-bond donors (Lipinski definition) is 2. The van der Waals surface area contributed by atoms with Crippen LogP contribution in [0.4, 0.5) is 15.8 Å². The predicted molar refractivity (Wildman–Crippen MR) is 76.7 cm³/mol. The summed E-state index contributed by atoms with van der Waals surface area (Å²) < 4.78 is 13.0. The number of likely N-dealkylation sites (tertiary alicyclic amines) is 1. The number of anilines is 2. The summed E-state index contributed by atoms with van der Waals surface area (Å²) in [4.78, 5) is 14.6. The standard InChI is InChI=1S/C15H20FN3O/c1-9(19-8-10-2-4-12(19)6-10)15(20)18-14-5-3-11(16)7-13(14)17/h3,5,7,9-10,12H,2,4,6,8,17H2,1H3,(H,18,20). The number of nitrogens with zero attached hydrogens (tertiary/aromatic N) is 1. The van der Waals surface area contributed by atoms with Crippen LogP contribution < -0.4 is 11.1 Å². The van der Waals surface area contributed by atoms with Crippen molar-refractivity contribution in [2.24, 2.45) is 5.92 Å². The second kappa shape index (κ2) is 5.05. The summed E-state index contributed by atoms with van der Waals surface area (Å²) in [5.74, 6) is 0.285. The van der Waals surface area contributed by atoms with Crippen LogP contribution >= 0.6 is 0 Å². The average molecular weight is 277 g/mol. The SMILES string of the molecule is CC(C(=O)Nc1ccc(F)cc1N)N1CC2CCC1C2. The molecule has 1 saturated carbocycles. The zero-order valence-corrected chi connectivity index (χ0v) is 11.6. The van der Waals surface area contributed by atoms with Gasteiger partial charge < -0.3 is 11.1 Å². The zero-order valence-electron chi connectivity index (χ0n) is 11.6. The molecule has 3 N–H and O–H groups in total. The normalized spacial score (nSPS) is 26.7. The molecule has 4 nitrogen and oxygen atoms in total. The van der Waals surface area contributed by atoms with E-state index in [2.05, 4.69) is 10.2 Å². The Morgan fingerprint density at radius 1 is 1.50 bits per heavy atom. The largest absolute Gasteiger partial charge is 0.397 e. The van der Waals surface area contributed by atoms with Gasteiger partial charge in [0.2, 0.25) is 5.91 Å². The maximum atomic E-state index is 13.0. The van der Waals surface area contributed by atoms with E-state index in [1.165, 1.54) is 37.5 Å². The molecule has 108 valence electrons. The van der Waals surface area contributed by atoms with Crippen molar-refractivity contribution < 1.29 is 9.18 Å². The van der Waals surface area contributed by atoms with Gasteiger partial charge in [-0.3, -0.25) is 9.69 Å². The Kier molecular flexibility index (Phi) is 3.38. The third-order valence-corrected chi connectivity index (χ3v) is 4.60. The highest BCUT2D eigenvalue weighted by Gasteiger charge is 2.41. The number of carbonyl (C=O) groups excluding carboxylic acids is 1. The number of benzene rings is 1. The summed E-state index contributed by atoms with van der Waals surface area (Å²) >= 11 is 0. The van der Waals surface area contributed by atoms with Crippen molar-refractivity contribution in [3.63, 3.8) is 0 Å². The van der Waals surface area contributed by atoms with Gasteiger partial charge in [-0.15, -0.1) is 0 Å². The fourth-order valence-corrected chi connectivity index (χ4v) is 3.47. The van der Waals surface area contributed by atoms with E-state index in [0.29, 0.717) is 11.7 Å². The van der Waals surface area contributed by atoms with Crippen LogP contribution in [0.3, 0.4) is 0 Å². The van der Waals surface area contributed by atoms with E-state index in [1.54, 1.807) is 0 Å². The van der Waals surface area contributed by atoms with Gasteiger partial charge in [0.1, 0.15) is 5.82 Å². The monoisotopic (exact) mass is 277 g/mol. The first kappa shape index (κ1) is 13.4. The second-order valence-electron chi connectivity index (χ2n) is 5.93.